The number of aromatic nitrogens is 1. The lowest BCUT2D eigenvalue weighted by Gasteiger charge is -2.09. The Morgan fingerprint density at radius 1 is 1.14 bits per heavy atom. The molecule has 0 saturated heterocycles. The Hall–Kier alpha value is -2.91. The van der Waals surface area contributed by atoms with E-state index in [0.717, 1.165) is 18.1 Å². The van der Waals surface area contributed by atoms with Gasteiger partial charge in [0.25, 0.3) is 0 Å². The summed E-state index contributed by atoms with van der Waals surface area (Å²) in [7, 11) is 0. The van der Waals surface area contributed by atoms with E-state index in [2.05, 4.69) is 31.0 Å². The lowest BCUT2D eigenvalue weighted by molar-refractivity contribution is -0.137. The standard InChI is InChI=1S/C23H19F3N2S/c1-15(2)11-16-7-9-17(10-8-16)21-14-29-22(28-21)19(13-27)12-18-5-3-4-6-20(18)23(24,25)26/h3-10,12,14-15H,11H2,1-2H3/b19-12+. The predicted molar refractivity (Wildman–Crippen MR) is 111 cm³/mol. The number of thiazole rings is 1. The molecule has 2 nitrogen and oxygen atoms in total. The van der Waals surface area contributed by atoms with Crippen molar-refractivity contribution in [2.45, 2.75) is 26.4 Å². The molecule has 1 aromatic heterocycles. The molecule has 3 aromatic rings. The average molecular weight is 412 g/mol. The van der Waals surface area contributed by atoms with E-state index < -0.39 is 11.7 Å². The van der Waals surface area contributed by atoms with Crippen LogP contribution in [0.25, 0.3) is 22.9 Å². The van der Waals surface area contributed by atoms with Crippen LogP contribution in [-0.4, -0.2) is 4.98 Å². The van der Waals surface area contributed by atoms with E-state index in [9.17, 15) is 18.4 Å². The van der Waals surface area contributed by atoms with Crippen LogP contribution >= 0.6 is 11.3 Å². The molecule has 0 aliphatic carbocycles. The van der Waals surface area contributed by atoms with Crippen LogP contribution in [0.4, 0.5) is 13.2 Å². The molecule has 0 radical (unpaired) electrons. The molecule has 0 amide bonds. The molecule has 3 rings (SSSR count). The second kappa shape index (κ2) is 8.62. The number of nitrogens with zero attached hydrogens (tertiary/aromatic N) is 2. The highest BCUT2D eigenvalue weighted by Crippen LogP contribution is 2.34. The zero-order valence-corrected chi connectivity index (χ0v) is 16.8. The van der Waals surface area contributed by atoms with Gasteiger partial charge in [-0.05, 0) is 35.6 Å². The number of nitriles is 1. The number of rotatable bonds is 5. The summed E-state index contributed by atoms with van der Waals surface area (Å²) >= 11 is 1.24. The Morgan fingerprint density at radius 2 is 1.83 bits per heavy atom. The molecule has 2 aromatic carbocycles. The number of hydrogen-bond acceptors (Lipinski definition) is 3. The second-order valence-corrected chi connectivity index (χ2v) is 7.95. The zero-order chi connectivity index (χ0) is 21.0. The molecule has 6 heteroatoms. The number of allylic oxidation sites excluding steroid dienone is 1. The maximum Gasteiger partial charge on any atom is 0.416 e. The SMILES string of the molecule is CC(C)Cc1ccc(-c2csc(/C(C#N)=C/c3ccccc3C(F)(F)F)n2)cc1. The van der Waals surface area contributed by atoms with Crippen LogP contribution in [0.2, 0.25) is 0 Å². The topological polar surface area (TPSA) is 36.7 Å². The van der Waals surface area contributed by atoms with Crippen LogP contribution in [0, 0.1) is 17.2 Å². The van der Waals surface area contributed by atoms with Crippen molar-refractivity contribution in [2.75, 3.05) is 0 Å². The summed E-state index contributed by atoms with van der Waals surface area (Å²) in [5.41, 5.74) is 2.13. The summed E-state index contributed by atoms with van der Waals surface area (Å²) < 4.78 is 39.7. The van der Waals surface area contributed by atoms with Crippen LogP contribution in [0.1, 0.15) is 35.5 Å². The largest absolute Gasteiger partial charge is 0.416 e. The van der Waals surface area contributed by atoms with E-state index in [0.29, 0.717) is 16.6 Å². The Bertz CT molecular complexity index is 1050. The molecule has 0 aliphatic heterocycles. The van der Waals surface area contributed by atoms with E-state index in [1.165, 1.54) is 41.2 Å². The molecule has 0 fully saturated rings. The van der Waals surface area contributed by atoms with E-state index in [1.807, 2.05) is 23.6 Å². The third-order valence-corrected chi connectivity index (χ3v) is 5.19. The minimum Gasteiger partial charge on any atom is -0.235 e. The van der Waals surface area contributed by atoms with Crippen molar-refractivity contribution in [1.29, 1.82) is 5.26 Å². The average Bonchev–Trinajstić information content (AvgIpc) is 3.15. The molecule has 0 atom stereocenters. The maximum atomic E-state index is 13.2. The highest BCUT2D eigenvalue weighted by Gasteiger charge is 2.32. The highest BCUT2D eigenvalue weighted by atomic mass is 32.1. The molecule has 148 valence electrons. The summed E-state index contributed by atoms with van der Waals surface area (Å²) in [6.07, 6.45) is -2.25. The summed E-state index contributed by atoms with van der Waals surface area (Å²) in [5.74, 6) is 0.564. The van der Waals surface area contributed by atoms with Gasteiger partial charge in [0.2, 0.25) is 0 Å². The summed E-state index contributed by atoms with van der Waals surface area (Å²) in [4.78, 5) is 4.48. The fourth-order valence-corrected chi connectivity index (χ4v) is 3.79. The molecule has 0 aliphatic rings. The molecule has 1 heterocycles. The minimum absolute atomic E-state index is 0.0497. The van der Waals surface area contributed by atoms with Gasteiger partial charge in [0.05, 0.1) is 16.8 Å². The first kappa shape index (κ1) is 20.8. The van der Waals surface area contributed by atoms with Crippen molar-refractivity contribution in [2.24, 2.45) is 5.92 Å². The Balaban J connectivity index is 1.91. The van der Waals surface area contributed by atoms with Crippen molar-refractivity contribution in [3.63, 3.8) is 0 Å². The van der Waals surface area contributed by atoms with Gasteiger partial charge in [-0.1, -0.05) is 56.3 Å². The molecule has 0 saturated carbocycles. The van der Waals surface area contributed by atoms with Crippen molar-refractivity contribution < 1.29 is 13.2 Å². The van der Waals surface area contributed by atoms with Crippen LogP contribution in [0.3, 0.4) is 0 Å². The molecular weight excluding hydrogens is 393 g/mol. The van der Waals surface area contributed by atoms with Crippen LogP contribution in [-0.2, 0) is 12.6 Å². The molecule has 0 bridgehead atoms. The molecule has 0 spiro atoms. The van der Waals surface area contributed by atoms with Crippen LogP contribution < -0.4 is 0 Å². The summed E-state index contributed by atoms with van der Waals surface area (Å²) in [6.45, 7) is 4.32. The second-order valence-electron chi connectivity index (χ2n) is 7.09. The van der Waals surface area contributed by atoms with Gasteiger partial charge in [-0.15, -0.1) is 11.3 Å². The number of halogens is 3. The van der Waals surface area contributed by atoms with Crippen molar-refractivity contribution in [3.05, 3.63) is 75.6 Å². The van der Waals surface area contributed by atoms with E-state index in [4.69, 9.17) is 0 Å². The van der Waals surface area contributed by atoms with Gasteiger partial charge in [0.15, 0.2) is 0 Å². The molecule has 29 heavy (non-hydrogen) atoms. The van der Waals surface area contributed by atoms with Crippen LogP contribution in [0.15, 0.2) is 53.9 Å². The lowest BCUT2D eigenvalue weighted by atomic mass is 10.0. The Kier molecular flexibility index (Phi) is 6.19. The highest BCUT2D eigenvalue weighted by molar-refractivity contribution is 7.11. The van der Waals surface area contributed by atoms with E-state index >= 15 is 0 Å². The van der Waals surface area contributed by atoms with Gasteiger partial charge in [-0.3, -0.25) is 0 Å². The Labute approximate surface area is 172 Å². The van der Waals surface area contributed by atoms with Gasteiger partial charge in [0.1, 0.15) is 11.1 Å². The first-order chi connectivity index (χ1) is 13.8. The summed E-state index contributed by atoms with van der Waals surface area (Å²) in [6, 6.07) is 15.2. The lowest BCUT2D eigenvalue weighted by Crippen LogP contribution is -2.07. The van der Waals surface area contributed by atoms with Gasteiger partial charge < -0.3 is 0 Å². The third kappa shape index (κ3) is 5.12. The first-order valence-corrected chi connectivity index (χ1v) is 9.99. The van der Waals surface area contributed by atoms with E-state index in [1.54, 1.807) is 0 Å². The first-order valence-electron chi connectivity index (χ1n) is 9.11. The fraction of sp³-hybridized carbons (Fsp3) is 0.217. The maximum absolute atomic E-state index is 13.2. The fourth-order valence-electron chi connectivity index (χ4n) is 2.99. The summed E-state index contributed by atoms with van der Waals surface area (Å²) in [5, 5.41) is 11.7. The van der Waals surface area contributed by atoms with Crippen LogP contribution in [0.5, 0.6) is 0 Å². The number of alkyl halides is 3. The smallest absolute Gasteiger partial charge is 0.235 e. The monoisotopic (exact) mass is 412 g/mol. The minimum atomic E-state index is -4.49. The quantitative estimate of drug-likeness (QED) is 0.419. The molecule has 0 N–H and O–H groups in total. The predicted octanol–water partition coefficient (Wildman–Crippen LogP) is 7.09. The van der Waals surface area contributed by atoms with Gasteiger partial charge in [-0.2, -0.15) is 18.4 Å². The van der Waals surface area contributed by atoms with Gasteiger partial charge >= 0.3 is 6.18 Å². The molecule has 0 unspecified atom stereocenters. The third-order valence-electron chi connectivity index (χ3n) is 4.31. The normalized spacial score (nSPS) is 12.2. The van der Waals surface area contributed by atoms with Crippen molar-refractivity contribution >= 4 is 23.0 Å². The molecular formula is C23H19F3N2S. The number of hydrogen-bond donors (Lipinski definition) is 0. The zero-order valence-electron chi connectivity index (χ0n) is 16.0. The van der Waals surface area contributed by atoms with Crippen molar-refractivity contribution in [3.8, 4) is 17.3 Å². The number of benzene rings is 2. The van der Waals surface area contributed by atoms with Gasteiger partial charge in [-0.25, -0.2) is 4.98 Å². The van der Waals surface area contributed by atoms with Crippen molar-refractivity contribution in [1.82, 2.24) is 4.98 Å². The van der Waals surface area contributed by atoms with Gasteiger partial charge in [0, 0.05) is 10.9 Å². The Morgan fingerprint density at radius 3 is 2.45 bits per heavy atom. The van der Waals surface area contributed by atoms with E-state index in [-0.39, 0.29) is 11.1 Å².